The van der Waals surface area contributed by atoms with Crippen LogP contribution in [0.2, 0.25) is 0 Å². The van der Waals surface area contributed by atoms with E-state index in [4.69, 9.17) is 4.99 Å². The van der Waals surface area contributed by atoms with E-state index in [1.54, 1.807) is 0 Å². The first kappa shape index (κ1) is 15.3. The van der Waals surface area contributed by atoms with E-state index < -0.39 is 0 Å². The van der Waals surface area contributed by atoms with Crippen molar-refractivity contribution in [3.8, 4) is 0 Å². The second kappa shape index (κ2) is 6.64. The van der Waals surface area contributed by atoms with Crippen LogP contribution in [0.1, 0.15) is 17.2 Å². The first-order valence-electron chi connectivity index (χ1n) is 7.80. The number of aryl methyl sites for hydroxylation is 1. The number of nitrogens with one attached hydrogen (secondary N) is 1. The molecule has 0 bridgehead atoms. The van der Waals surface area contributed by atoms with Crippen LogP contribution in [-0.4, -0.2) is 33.8 Å². The molecular formula is C17H22N6. The van der Waals surface area contributed by atoms with E-state index in [1.165, 1.54) is 11.3 Å². The molecule has 2 heterocycles. The Morgan fingerprint density at radius 1 is 1.39 bits per heavy atom. The van der Waals surface area contributed by atoms with Crippen molar-refractivity contribution in [2.24, 2.45) is 12.0 Å². The van der Waals surface area contributed by atoms with E-state index in [0.717, 1.165) is 30.6 Å². The Morgan fingerprint density at radius 2 is 2.22 bits per heavy atom. The van der Waals surface area contributed by atoms with Gasteiger partial charge in [-0.3, -0.25) is 0 Å². The summed E-state index contributed by atoms with van der Waals surface area (Å²) < 4.78 is 1.96. The van der Waals surface area contributed by atoms with Crippen molar-refractivity contribution < 1.29 is 0 Å². The number of aromatic nitrogens is 3. The lowest BCUT2D eigenvalue weighted by molar-refractivity contribution is 0.768. The molecule has 1 aliphatic heterocycles. The third-order valence-electron chi connectivity index (χ3n) is 4.10. The minimum Gasteiger partial charge on any atom is -0.352 e. The minimum atomic E-state index is 0.496. The molecule has 1 aliphatic rings. The second-order valence-corrected chi connectivity index (χ2v) is 5.56. The zero-order chi connectivity index (χ0) is 16.2. The number of anilines is 1. The van der Waals surface area contributed by atoms with E-state index in [0.29, 0.717) is 13.1 Å². The second-order valence-electron chi connectivity index (χ2n) is 5.56. The lowest BCUT2D eigenvalue weighted by Crippen LogP contribution is -2.40. The number of para-hydroxylation sites is 1. The van der Waals surface area contributed by atoms with E-state index in [2.05, 4.69) is 51.3 Å². The zero-order valence-corrected chi connectivity index (χ0v) is 13.7. The van der Waals surface area contributed by atoms with Crippen molar-refractivity contribution in [3.05, 3.63) is 54.1 Å². The summed E-state index contributed by atoms with van der Waals surface area (Å²) in [5, 5.41) is 11.6. The predicted molar refractivity (Wildman–Crippen MR) is 92.6 cm³/mol. The maximum Gasteiger partial charge on any atom is 0.199 e. The van der Waals surface area contributed by atoms with E-state index >= 15 is 0 Å². The van der Waals surface area contributed by atoms with Crippen molar-refractivity contribution >= 4 is 11.6 Å². The fourth-order valence-corrected chi connectivity index (χ4v) is 2.69. The number of rotatable bonds is 4. The molecule has 0 atom stereocenters. The van der Waals surface area contributed by atoms with Crippen LogP contribution in [0.5, 0.6) is 0 Å². The highest BCUT2D eigenvalue weighted by molar-refractivity contribution is 5.98. The summed E-state index contributed by atoms with van der Waals surface area (Å²) in [5.74, 6) is 2.60. The van der Waals surface area contributed by atoms with Gasteiger partial charge in [-0.05, 0) is 25.0 Å². The molecule has 1 aromatic carbocycles. The van der Waals surface area contributed by atoms with Gasteiger partial charge in [0.05, 0.1) is 0 Å². The maximum absolute atomic E-state index is 4.75. The van der Waals surface area contributed by atoms with Gasteiger partial charge in [-0.2, -0.15) is 0 Å². The molecule has 6 heteroatoms. The van der Waals surface area contributed by atoms with E-state index in [1.807, 2.05) is 24.6 Å². The molecule has 3 rings (SSSR count). The molecule has 0 aliphatic carbocycles. The summed E-state index contributed by atoms with van der Waals surface area (Å²) in [6, 6.07) is 8.46. The lowest BCUT2D eigenvalue weighted by atomic mass is 10.2. The van der Waals surface area contributed by atoms with Crippen molar-refractivity contribution in [3.63, 3.8) is 0 Å². The SMILES string of the molecule is C=CCNC(=NCc1nnc(C)n1C)N1CCc2ccccc21. The van der Waals surface area contributed by atoms with Crippen molar-refractivity contribution in [2.75, 3.05) is 18.0 Å². The van der Waals surface area contributed by atoms with Gasteiger partial charge in [-0.1, -0.05) is 24.3 Å². The largest absolute Gasteiger partial charge is 0.352 e. The number of guanidine groups is 1. The smallest absolute Gasteiger partial charge is 0.199 e. The quantitative estimate of drug-likeness (QED) is 0.532. The van der Waals surface area contributed by atoms with Crippen LogP contribution in [-0.2, 0) is 20.0 Å². The fourth-order valence-electron chi connectivity index (χ4n) is 2.69. The summed E-state index contributed by atoms with van der Waals surface area (Å²) in [6.07, 6.45) is 2.87. The molecule has 0 saturated carbocycles. The number of aliphatic imine (C=N–C) groups is 1. The van der Waals surface area contributed by atoms with Gasteiger partial charge in [-0.15, -0.1) is 16.8 Å². The number of fused-ring (bicyclic) bond motifs is 1. The van der Waals surface area contributed by atoms with Crippen LogP contribution in [0.4, 0.5) is 5.69 Å². The lowest BCUT2D eigenvalue weighted by Gasteiger charge is -2.22. The Kier molecular flexibility index (Phi) is 4.41. The topological polar surface area (TPSA) is 58.3 Å². The zero-order valence-electron chi connectivity index (χ0n) is 13.7. The van der Waals surface area contributed by atoms with E-state index in [-0.39, 0.29) is 0 Å². The van der Waals surface area contributed by atoms with Gasteiger partial charge in [0.25, 0.3) is 0 Å². The highest BCUT2D eigenvalue weighted by Gasteiger charge is 2.22. The fraction of sp³-hybridized carbons (Fsp3) is 0.353. The molecule has 23 heavy (non-hydrogen) atoms. The van der Waals surface area contributed by atoms with Gasteiger partial charge < -0.3 is 14.8 Å². The van der Waals surface area contributed by atoms with Gasteiger partial charge in [0.2, 0.25) is 0 Å². The van der Waals surface area contributed by atoms with Crippen molar-refractivity contribution in [2.45, 2.75) is 19.9 Å². The molecule has 0 spiro atoms. The number of hydrogen-bond acceptors (Lipinski definition) is 3. The molecule has 1 aromatic heterocycles. The molecule has 0 saturated heterocycles. The summed E-state index contributed by atoms with van der Waals surface area (Å²) in [4.78, 5) is 6.97. The molecule has 0 radical (unpaired) electrons. The van der Waals surface area contributed by atoms with Gasteiger partial charge >= 0.3 is 0 Å². The Labute approximate surface area is 136 Å². The van der Waals surface area contributed by atoms with Gasteiger partial charge in [0.1, 0.15) is 12.4 Å². The summed E-state index contributed by atoms with van der Waals surface area (Å²) >= 11 is 0. The highest BCUT2D eigenvalue weighted by Crippen LogP contribution is 2.27. The highest BCUT2D eigenvalue weighted by atomic mass is 15.3. The van der Waals surface area contributed by atoms with Crippen LogP contribution in [0.3, 0.4) is 0 Å². The van der Waals surface area contributed by atoms with Gasteiger partial charge in [0, 0.05) is 25.8 Å². The number of hydrogen-bond donors (Lipinski definition) is 1. The summed E-state index contributed by atoms with van der Waals surface area (Å²) in [5.41, 5.74) is 2.58. The van der Waals surface area contributed by atoms with Crippen LogP contribution >= 0.6 is 0 Å². The van der Waals surface area contributed by atoms with Crippen LogP contribution in [0.15, 0.2) is 41.9 Å². The molecule has 1 N–H and O–H groups in total. The summed E-state index contributed by atoms with van der Waals surface area (Å²) in [7, 11) is 1.96. The van der Waals surface area contributed by atoms with E-state index in [9.17, 15) is 0 Å². The Hall–Kier alpha value is -2.63. The monoisotopic (exact) mass is 310 g/mol. The Bertz CT molecular complexity index is 730. The third kappa shape index (κ3) is 3.11. The third-order valence-corrected chi connectivity index (χ3v) is 4.10. The predicted octanol–water partition coefficient (Wildman–Crippen LogP) is 1.82. The van der Waals surface area contributed by atoms with Crippen LogP contribution in [0.25, 0.3) is 0 Å². The molecular weight excluding hydrogens is 288 g/mol. The molecule has 0 fully saturated rings. The first-order valence-corrected chi connectivity index (χ1v) is 7.80. The van der Waals surface area contributed by atoms with Crippen molar-refractivity contribution in [1.82, 2.24) is 20.1 Å². The molecule has 2 aromatic rings. The van der Waals surface area contributed by atoms with Gasteiger partial charge in [-0.25, -0.2) is 4.99 Å². The average molecular weight is 310 g/mol. The standard InChI is InChI=1S/C17H22N6/c1-4-10-18-17(19-12-16-21-20-13(2)22(16)3)23-11-9-14-7-5-6-8-15(14)23/h4-8H,1,9-12H2,2-3H3,(H,18,19). The van der Waals surface area contributed by atoms with Crippen LogP contribution in [0, 0.1) is 6.92 Å². The van der Waals surface area contributed by atoms with Gasteiger partial charge in [0.15, 0.2) is 11.8 Å². The Morgan fingerprint density at radius 3 is 2.96 bits per heavy atom. The molecule has 6 nitrogen and oxygen atoms in total. The molecule has 120 valence electrons. The van der Waals surface area contributed by atoms with Crippen molar-refractivity contribution in [1.29, 1.82) is 0 Å². The first-order chi connectivity index (χ1) is 11.2. The summed E-state index contributed by atoms with van der Waals surface area (Å²) in [6.45, 7) is 7.82. The number of benzene rings is 1. The molecule has 0 unspecified atom stereocenters. The molecule has 0 amide bonds. The maximum atomic E-state index is 4.75. The average Bonchev–Trinajstić information content (AvgIpc) is 3.13. The number of nitrogens with zero attached hydrogens (tertiary/aromatic N) is 5. The van der Waals surface area contributed by atoms with Crippen LogP contribution < -0.4 is 10.2 Å². The normalized spacial score (nSPS) is 14.0. The Balaban J connectivity index is 1.85. The minimum absolute atomic E-state index is 0.496.